The third-order valence-corrected chi connectivity index (χ3v) is 0.619. The highest BCUT2D eigenvalue weighted by atomic mass is 16.1. The molecule has 0 fully saturated rings. The molecule has 0 N–H and O–H groups in total. The maximum atomic E-state index is 9.56. The molecule has 0 spiro atoms. The molecule has 1 nitrogen and oxygen atoms in total. The lowest BCUT2D eigenvalue weighted by atomic mass is 10.2. The van der Waals surface area contributed by atoms with Crippen molar-refractivity contribution in [1.29, 1.82) is 0 Å². The van der Waals surface area contributed by atoms with E-state index >= 15 is 0 Å². The van der Waals surface area contributed by atoms with E-state index in [1.165, 1.54) is 5.94 Å². The Bertz CT molecular complexity index is 138. The Morgan fingerprint density at radius 1 is 1.75 bits per heavy atom. The lowest BCUT2D eigenvalue weighted by molar-refractivity contribution is 0.568. The van der Waals surface area contributed by atoms with Crippen LogP contribution in [-0.4, -0.2) is 5.94 Å². The van der Waals surface area contributed by atoms with Gasteiger partial charge in [-0.2, -0.15) is 0 Å². The monoisotopic (exact) mass is 107 g/mol. The molecule has 0 aromatic rings. The van der Waals surface area contributed by atoms with E-state index in [9.17, 15) is 4.79 Å². The van der Waals surface area contributed by atoms with Crippen LogP contribution >= 0.6 is 0 Å². The Labute approximate surface area is 49.0 Å². The molecule has 8 heavy (non-hydrogen) atoms. The van der Waals surface area contributed by atoms with Crippen molar-refractivity contribution < 1.29 is 4.79 Å². The molecule has 0 aromatic carbocycles. The molecule has 0 heterocycles. The molecule has 1 radical (unpaired) electrons. The van der Waals surface area contributed by atoms with Crippen molar-refractivity contribution in [2.75, 3.05) is 0 Å². The SMILES string of the molecule is C=CCC(=C)[C]=C=O. The summed E-state index contributed by atoms with van der Waals surface area (Å²) < 4.78 is 0. The minimum Gasteiger partial charge on any atom is -0.233 e. The molecular weight excluding hydrogens is 100 g/mol. The Hall–Kier alpha value is -1.07. The molecule has 0 atom stereocenters. The Morgan fingerprint density at radius 2 is 2.38 bits per heavy atom. The van der Waals surface area contributed by atoms with Gasteiger partial charge in [-0.3, -0.25) is 0 Å². The van der Waals surface area contributed by atoms with Crippen LogP contribution in [0.5, 0.6) is 0 Å². The first-order valence-electron chi connectivity index (χ1n) is 2.23. The Kier molecular flexibility index (Phi) is 3.55. The van der Waals surface area contributed by atoms with E-state index in [1.54, 1.807) is 6.08 Å². The van der Waals surface area contributed by atoms with E-state index in [4.69, 9.17) is 0 Å². The van der Waals surface area contributed by atoms with E-state index in [2.05, 4.69) is 19.2 Å². The van der Waals surface area contributed by atoms with Crippen molar-refractivity contribution in [2.45, 2.75) is 6.42 Å². The third kappa shape index (κ3) is 3.13. The summed E-state index contributed by atoms with van der Waals surface area (Å²) in [4.78, 5) is 9.56. The highest BCUT2D eigenvalue weighted by Crippen LogP contribution is 1.94. The van der Waals surface area contributed by atoms with Gasteiger partial charge in [0.05, 0.1) is 6.08 Å². The van der Waals surface area contributed by atoms with Gasteiger partial charge in [0.15, 0.2) is 0 Å². The summed E-state index contributed by atoms with van der Waals surface area (Å²) in [6, 6.07) is 0. The molecule has 0 aliphatic heterocycles. The van der Waals surface area contributed by atoms with Gasteiger partial charge >= 0.3 is 0 Å². The van der Waals surface area contributed by atoms with E-state index < -0.39 is 0 Å². The van der Waals surface area contributed by atoms with Gasteiger partial charge in [0.25, 0.3) is 0 Å². The second kappa shape index (κ2) is 4.10. The van der Waals surface area contributed by atoms with Crippen LogP contribution in [0.4, 0.5) is 0 Å². The maximum absolute atomic E-state index is 9.56. The van der Waals surface area contributed by atoms with Crippen LogP contribution < -0.4 is 0 Å². The highest BCUT2D eigenvalue weighted by molar-refractivity contribution is 5.46. The maximum Gasteiger partial charge on any atom is 0.134 e. The van der Waals surface area contributed by atoms with Crippen LogP contribution in [0, 0.1) is 6.08 Å². The highest BCUT2D eigenvalue weighted by Gasteiger charge is 1.80. The normalized spacial score (nSPS) is 7.00. The average molecular weight is 107 g/mol. The lowest BCUT2D eigenvalue weighted by Crippen LogP contribution is -1.70. The van der Waals surface area contributed by atoms with Crippen LogP contribution in [0.3, 0.4) is 0 Å². The van der Waals surface area contributed by atoms with E-state index in [0.29, 0.717) is 12.0 Å². The molecule has 0 saturated carbocycles. The first kappa shape index (κ1) is 6.93. The lowest BCUT2D eigenvalue weighted by Gasteiger charge is -1.83. The van der Waals surface area contributed by atoms with Crippen molar-refractivity contribution >= 4 is 5.94 Å². The molecule has 0 amide bonds. The fraction of sp³-hybridized carbons (Fsp3) is 0.143. The smallest absolute Gasteiger partial charge is 0.134 e. The number of rotatable bonds is 3. The summed E-state index contributed by atoms with van der Waals surface area (Å²) in [6.45, 7) is 6.94. The molecule has 0 saturated heterocycles. The van der Waals surface area contributed by atoms with Gasteiger partial charge in [-0.1, -0.05) is 12.7 Å². The van der Waals surface area contributed by atoms with E-state index in [-0.39, 0.29) is 0 Å². The number of carbonyl (C=O) groups excluding carboxylic acids is 1. The number of allylic oxidation sites excluding steroid dienone is 3. The molecule has 0 bridgehead atoms. The van der Waals surface area contributed by atoms with Gasteiger partial charge in [0, 0.05) is 0 Å². The predicted octanol–water partition coefficient (Wildman–Crippen LogP) is 1.31. The van der Waals surface area contributed by atoms with Gasteiger partial charge in [-0.15, -0.1) is 6.58 Å². The van der Waals surface area contributed by atoms with E-state index in [0.717, 1.165) is 0 Å². The third-order valence-electron chi connectivity index (χ3n) is 0.619. The fourth-order valence-electron chi connectivity index (χ4n) is 0.297. The Morgan fingerprint density at radius 3 is 2.75 bits per heavy atom. The average Bonchev–Trinajstić information content (AvgIpc) is 1.68. The second-order valence-corrected chi connectivity index (χ2v) is 1.32. The number of hydrogen-bond donors (Lipinski definition) is 0. The van der Waals surface area contributed by atoms with Crippen LogP contribution in [0.25, 0.3) is 0 Å². The summed E-state index contributed by atoms with van der Waals surface area (Å²) in [7, 11) is 0. The van der Waals surface area contributed by atoms with Gasteiger partial charge in [-0.25, -0.2) is 4.79 Å². The van der Waals surface area contributed by atoms with Crippen molar-refractivity contribution in [2.24, 2.45) is 0 Å². The summed E-state index contributed by atoms with van der Waals surface area (Å²) in [6.07, 6.45) is 4.54. The standard InChI is InChI=1S/C7H7O/c1-3-4-7(2)5-6-8/h3H,1-2,4H2. The van der Waals surface area contributed by atoms with Crippen molar-refractivity contribution in [3.8, 4) is 0 Å². The predicted molar refractivity (Wildman–Crippen MR) is 32.9 cm³/mol. The first-order valence-corrected chi connectivity index (χ1v) is 2.23. The zero-order chi connectivity index (χ0) is 6.41. The van der Waals surface area contributed by atoms with Gasteiger partial charge < -0.3 is 0 Å². The molecule has 0 rings (SSSR count). The molecule has 0 unspecified atom stereocenters. The minimum atomic E-state index is 0.606. The van der Waals surface area contributed by atoms with Crippen molar-refractivity contribution in [3.05, 3.63) is 30.9 Å². The quantitative estimate of drug-likeness (QED) is 0.302. The summed E-state index contributed by atoms with van der Waals surface area (Å²) >= 11 is 0. The van der Waals surface area contributed by atoms with Crippen molar-refractivity contribution in [3.63, 3.8) is 0 Å². The molecule has 0 aliphatic carbocycles. The molecule has 0 aliphatic rings. The minimum absolute atomic E-state index is 0.606. The summed E-state index contributed by atoms with van der Waals surface area (Å²) in [5, 5.41) is 0. The second-order valence-electron chi connectivity index (χ2n) is 1.32. The van der Waals surface area contributed by atoms with Crippen LogP contribution in [0.15, 0.2) is 24.8 Å². The summed E-state index contributed by atoms with van der Waals surface area (Å²) in [5.74, 6) is 1.50. The molecular formula is C7H7O. The zero-order valence-electron chi connectivity index (χ0n) is 4.61. The topological polar surface area (TPSA) is 17.1 Å². The Balaban J connectivity index is 3.65. The molecule has 0 aromatic heterocycles. The molecule has 41 valence electrons. The molecule has 1 heteroatoms. The van der Waals surface area contributed by atoms with Gasteiger partial charge in [-0.05, 0) is 12.0 Å². The van der Waals surface area contributed by atoms with Crippen LogP contribution in [-0.2, 0) is 4.79 Å². The zero-order valence-corrected chi connectivity index (χ0v) is 4.61. The first-order chi connectivity index (χ1) is 3.81. The van der Waals surface area contributed by atoms with Crippen LogP contribution in [0.1, 0.15) is 6.42 Å². The summed E-state index contributed by atoms with van der Waals surface area (Å²) in [5.41, 5.74) is 0.620. The number of hydrogen-bond acceptors (Lipinski definition) is 1. The largest absolute Gasteiger partial charge is 0.233 e. The fourth-order valence-corrected chi connectivity index (χ4v) is 0.297. The van der Waals surface area contributed by atoms with E-state index in [1.807, 2.05) is 0 Å². The van der Waals surface area contributed by atoms with Gasteiger partial charge in [0.1, 0.15) is 5.94 Å². The van der Waals surface area contributed by atoms with Crippen LogP contribution in [0.2, 0.25) is 0 Å². The van der Waals surface area contributed by atoms with Gasteiger partial charge in [0.2, 0.25) is 0 Å². The van der Waals surface area contributed by atoms with Crippen molar-refractivity contribution in [1.82, 2.24) is 0 Å².